The molecule has 1 saturated heterocycles. The molecule has 4 nitrogen and oxygen atoms in total. The van der Waals surface area contributed by atoms with Crippen molar-refractivity contribution in [1.29, 1.82) is 0 Å². The summed E-state index contributed by atoms with van der Waals surface area (Å²) in [6, 6.07) is 2.92. The summed E-state index contributed by atoms with van der Waals surface area (Å²) in [5, 5.41) is 0. The van der Waals surface area contributed by atoms with Gasteiger partial charge in [0.2, 0.25) is 0 Å². The summed E-state index contributed by atoms with van der Waals surface area (Å²) in [6.07, 6.45) is 1.85. The number of hydrogen-bond acceptors (Lipinski definition) is 3. The van der Waals surface area contributed by atoms with Gasteiger partial charge in [-0.05, 0) is 43.9 Å². The van der Waals surface area contributed by atoms with Crippen molar-refractivity contribution in [2.24, 2.45) is 5.92 Å². The molecule has 1 fully saturated rings. The minimum atomic E-state index is -4.11. The van der Waals surface area contributed by atoms with Gasteiger partial charge in [0.15, 0.2) is 0 Å². The van der Waals surface area contributed by atoms with Crippen molar-refractivity contribution >= 4 is 25.6 Å². The Kier molecular flexibility index (Phi) is 4.58. The second-order valence-electron chi connectivity index (χ2n) is 5.44. The van der Waals surface area contributed by atoms with Crippen LogP contribution < -0.4 is 0 Å². The number of piperidine rings is 1. The molecule has 0 bridgehead atoms. The Morgan fingerprint density at radius 1 is 1.38 bits per heavy atom. The maximum atomic E-state index is 13.4. The summed E-state index contributed by atoms with van der Waals surface area (Å²) in [6.45, 7) is 4.48. The molecule has 0 N–H and O–H groups in total. The van der Waals surface area contributed by atoms with Crippen molar-refractivity contribution in [2.45, 2.75) is 37.6 Å². The van der Waals surface area contributed by atoms with Crippen molar-refractivity contribution in [3.63, 3.8) is 0 Å². The van der Waals surface area contributed by atoms with E-state index in [-0.39, 0.29) is 16.5 Å². The SMILES string of the molecule is CC1CCCN(C(=O)c2cc(F)ccc2S(=O)(=O)Cl)C1C. The summed E-state index contributed by atoms with van der Waals surface area (Å²) < 4.78 is 36.6. The molecule has 1 aliphatic heterocycles. The van der Waals surface area contributed by atoms with Gasteiger partial charge in [-0.25, -0.2) is 12.8 Å². The molecule has 0 saturated carbocycles. The van der Waals surface area contributed by atoms with Crippen LogP contribution in [0.2, 0.25) is 0 Å². The van der Waals surface area contributed by atoms with E-state index in [1.807, 2.05) is 13.8 Å². The van der Waals surface area contributed by atoms with Crippen LogP contribution in [0.5, 0.6) is 0 Å². The minimum Gasteiger partial charge on any atom is -0.336 e. The van der Waals surface area contributed by atoms with E-state index in [9.17, 15) is 17.6 Å². The predicted molar refractivity (Wildman–Crippen MR) is 78.3 cm³/mol. The highest BCUT2D eigenvalue weighted by atomic mass is 35.7. The predicted octanol–water partition coefficient (Wildman–Crippen LogP) is 3.01. The van der Waals surface area contributed by atoms with Gasteiger partial charge in [0, 0.05) is 23.3 Å². The van der Waals surface area contributed by atoms with Crippen LogP contribution >= 0.6 is 10.7 Å². The molecule has 2 unspecified atom stereocenters. The third kappa shape index (κ3) is 3.37. The molecule has 2 rings (SSSR count). The fourth-order valence-corrected chi connectivity index (χ4v) is 3.70. The van der Waals surface area contributed by atoms with Crippen LogP contribution in [0.3, 0.4) is 0 Å². The van der Waals surface area contributed by atoms with E-state index in [4.69, 9.17) is 10.7 Å². The largest absolute Gasteiger partial charge is 0.336 e. The van der Waals surface area contributed by atoms with Crippen molar-refractivity contribution in [3.8, 4) is 0 Å². The van der Waals surface area contributed by atoms with Gasteiger partial charge < -0.3 is 4.90 Å². The van der Waals surface area contributed by atoms with Gasteiger partial charge in [-0.1, -0.05) is 6.92 Å². The highest BCUT2D eigenvalue weighted by Crippen LogP contribution is 2.28. The maximum absolute atomic E-state index is 13.4. The number of rotatable bonds is 2. The highest BCUT2D eigenvalue weighted by molar-refractivity contribution is 8.13. The van der Waals surface area contributed by atoms with Crippen LogP contribution in [0.15, 0.2) is 23.1 Å². The first-order valence-corrected chi connectivity index (χ1v) is 9.08. The van der Waals surface area contributed by atoms with Crippen LogP contribution in [0, 0.1) is 11.7 Å². The number of carbonyl (C=O) groups is 1. The molecular formula is C14H17ClFNO3S. The molecule has 0 aromatic heterocycles. The molecule has 1 aromatic carbocycles. The third-order valence-corrected chi connectivity index (χ3v) is 5.45. The van der Waals surface area contributed by atoms with Crippen molar-refractivity contribution in [3.05, 3.63) is 29.6 Å². The third-order valence-electron chi connectivity index (χ3n) is 4.07. The Labute approximate surface area is 128 Å². The molecule has 21 heavy (non-hydrogen) atoms. The Morgan fingerprint density at radius 3 is 2.67 bits per heavy atom. The Morgan fingerprint density at radius 2 is 2.05 bits per heavy atom. The minimum absolute atomic E-state index is 0.0274. The van der Waals surface area contributed by atoms with E-state index in [0.717, 1.165) is 31.0 Å². The first kappa shape index (κ1) is 16.2. The summed E-state index contributed by atoms with van der Waals surface area (Å²) in [4.78, 5) is 13.9. The number of benzene rings is 1. The summed E-state index contributed by atoms with van der Waals surface area (Å²) >= 11 is 0. The lowest BCUT2D eigenvalue weighted by Gasteiger charge is -2.38. The lowest BCUT2D eigenvalue weighted by molar-refractivity contribution is 0.0546. The quantitative estimate of drug-likeness (QED) is 0.782. The number of hydrogen-bond donors (Lipinski definition) is 0. The van der Waals surface area contributed by atoms with Gasteiger partial charge in [-0.15, -0.1) is 0 Å². The normalized spacial score (nSPS) is 23.1. The molecule has 0 spiro atoms. The molecule has 7 heteroatoms. The van der Waals surface area contributed by atoms with Crippen LogP contribution in [0.1, 0.15) is 37.0 Å². The molecule has 1 aromatic rings. The lowest BCUT2D eigenvalue weighted by atomic mass is 9.91. The van der Waals surface area contributed by atoms with E-state index in [1.54, 1.807) is 4.90 Å². The lowest BCUT2D eigenvalue weighted by Crippen LogP contribution is -2.46. The van der Waals surface area contributed by atoms with Gasteiger partial charge in [-0.3, -0.25) is 4.79 Å². The van der Waals surface area contributed by atoms with Gasteiger partial charge in [0.1, 0.15) is 5.82 Å². The summed E-state index contributed by atoms with van der Waals surface area (Å²) in [5.74, 6) is -0.847. The van der Waals surface area contributed by atoms with Gasteiger partial charge in [-0.2, -0.15) is 0 Å². The fraction of sp³-hybridized carbons (Fsp3) is 0.500. The summed E-state index contributed by atoms with van der Waals surface area (Å²) in [5.41, 5.74) is -0.203. The molecule has 0 aliphatic carbocycles. The van der Waals surface area contributed by atoms with Gasteiger partial charge >= 0.3 is 0 Å². The van der Waals surface area contributed by atoms with Crippen molar-refractivity contribution in [1.82, 2.24) is 4.90 Å². The first-order chi connectivity index (χ1) is 9.71. The number of nitrogens with zero attached hydrogens (tertiary/aromatic N) is 1. The average molecular weight is 334 g/mol. The van der Waals surface area contributed by atoms with Crippen LogP contribution in [0.25, 0.3) is 0 Å². The van der Waals surface area contributed by atoms with E-state index in [0.29, 0.717) is 12.5 Å². The molecule has 116 valence electrons. The average Bonchev–Trinajstić information content (AvgIpc) is 2.39. The monoisotopic (exact) mass is 333 g/mol. The smallest absolute Gasteiger partial charge is 0.262 e. The number of amides is 1. The topological polar surface area (TPSA) is 54.5 Å². The zero-order chi connectivity index (χ0) is 15.8. The molecule has 1 amide bonds. The second kappa shape index (κ2) is 5.93. The van der Waals surface area contributed by atoms with E-state index >= 15 is 0 Å². The Bertz CT molecular complexity index is 662. The zero-order valence-electron chi connectivity index (χ0n) is 11.8. The van der Waals surface area contributed by atoms with E-state index < -0.39 is 20.8 Å². The second-order valence-corrected chi connectivity index (χ2v) is 7.97. The zero-order valence-corrected chi connectivity index (χ0v) is 13.4. The fourth-order valence-electron chi connectivity index (χ4n) is 2.66. The molecule has 1 heterocycles. The van der Waals surface area contributed by atoms with Crippen LogP contribution in [-0.4, -0.2) is 31.8 Å². The van der Waals surface area contributed by atoms with Crippen molar-refractivity contribution in [2.75, 3.05) is 6.54 Å². The molecule has 2 atom stereocenters. The van der Waals surface area contributed by atoms with E-state index in [2.05, 4.69) is 0 Å². The van der Waals surface area contributed by atoms with E-state index in [1.165, 1.54) is 0 Å². The van der Waals surface area contributed by atoms with Gasteiger partial charge in [0.25, 0.3) is 15.0 Å². The Balaban J connectivity index is 2.46. The van der Waals surface area contributed by atoms with Crippen molar-refractivity contribution < 1.29 is 17.6 Å². The maximum Gasteiger partial charge on any atom is 0.262 e. The number of halogens is 2. The Hall–Kier alpha value is -1.14. The van der Waals surface area contributed by atoms with Crippen LogP contribution in [-0.2, 0) is 9.05 Å². The molecular weight excluding hydrogens is 317 g/mol. The number of carbonyl (C=O) groups excluding carboxylic acids is 1. The number of likely N-dealkylation sites (tertiary alicyclic amines) is 1. The highest BCUT2D eigenvalue weighted by Gasteiger charge is 2.32. The first-order valence-electron chi connectivity index (χ1n) is 6.77. The summed E-state index contributed by atoms with van der Waals surface area (Å²) in [7, 11) is 1.24. The van der Waals surface area contributed by atoms with Gasteiger partial charge in [0.05, 0.1) is 10.5 Å². The standard InChI is InChI=1S/C14H17ClFNO3S/c1-9-4-3-7-17(10(9)2)14(18)12-8-11(16)5-6-13(12)21(15,19)20/h5-6,8-10H,3-4,7H2,1-2H3. The molecule has 1 aliphatic rings. The van der Waals surface area contributed by atoms with Crippen LogP contribution in [0.4, 0.5) is 4.39 Å². The molecule has 0 radical (unpaired) electrons.